The molecule has 0 bridgehead atoms. The maximum Gasteiger partial charge on any atom is 0.306 e. The highest BCUT2D eigenvalue weighted by Gasteiger charge is 2.07. The molecule has 0 atom stereocenters. The summed E-state index contributed by atoms with van der Waals surface area (Å²) in [5.74, 6) is -0.250. The Morgan fingerprint density at radius 1 is 1.50 bits per heavy atom. The number of aldehydes is 1. The van der Waals surface area contributed by atoms with Gasteiger partial charge in [-0.15, -0.1) is 0 Å². The van der Waals surface area contributed by atoms with Crippen molar-refractivity contribution in [3.63, 3.8) is 0 Å². The van der Waals surface area contributed by atoms with Crippen molar-refractivity contribution in [2.24, 2.45) is 0 Å². The molecule has 1 rings (SSSR count). The lowest BCUT2D eigenvalue weighted by Crippen LogP contribution is -2.07. The fraction of sp³-hybridized carbons (Fsp3) is 0.417. The van der Waals surface area contributed by atoms with Gasteiger partial charge >= 0.3 is 5.97 Å². The number of hydrogen-bond acceptors (Lipinski definition) is 4. The molecule has 0 N–H and O–H groups in total. The standard InChI is InChI=1S/C12H15NO3/c1-3-16-12(15)7-6-10-5-4-9(2)13-11(10)8-14/h4-5,8H,3,6-7H2,1-2H3. The van der Waals surface area contributed by atoms with Gasteiger partial charge in [0.1, 0.15) is 5.69 Å². The predicted octanol–water partition coefficient (Wildman–Crippen LogP) is 1.70. The van der Waals surface area contributed by atoms with Crippen molar-refractivity contribution in [2.45, 2.75) is 26.7 Å². The Morgan fingerprint density at radius 3 is 2.88 bits per heavy atom. The number of hydrogen-bond donors (Lipinski definition) is 0. The molecule has 0 aliphatic rings. The number of pyridine rings is 1. The summed E-state index contributed by atoms with van der Waals surface area (Å²) in [6.45, 7) is 3.97. The predicted molar refractivity (Wildman–Crippen MR) is 59.3 cm³/mol. The number of aryl methyl sites for hydroxylation is 2. The highest BCUT2D eigenvalue weighted by atomic mass is 16.5. The fourth-order valence-electron chi connectivity index (χ4n) is 1.39. The van der Waals surface area contributed by atoms with Crippen LogP contribution in [0.25, 0.3) is 0 Å². The maximum absolute atomic E-state index is 11.2. The number of carbonyl (C=O) groups excluding carboxylic acids is 2. The average molecular weight is 221 g/mol. The van der Waals surface area contributed by atoms with Crippen molar-refractivity contribution >= 4 is 12.3 Å². The van der Waals surface area contributed by atoms with Crippen LogP contribution in [0.1, 0.15) is 35.1 Å². The molecule has 4 nitrogen and oxygen atoms in total. The largest absolute Gasteiger partial charge is 0.466 e. The Labute approximate surface area is 94.6 Å². The monoisotopic (exact) mass is 221 g/mol. The molecule has 16 heavy (non-hydrogen) atoms. The van der Waals surface area contributed by atoms with Crippen molar-refractivity contribution < 1.29 is 14.3 Å². The first-order valence-electron chi connectivity index (χ1n) is 5.24. The summed E-state index contributed by atoms with van der Waals surface area (Å²) in [5, 5.41) is 0. The van der Waals surface area contributed by atoms with Gasteiger partial charge in [-0.05, 0) is 31.9 Å². The normalized spacial score (nSPS) is 9.88. The van der Waals surface area contributed by atoms with Gasteiger partial charge in [-0.2, -0.15) is 0 Å². The van der Waals surface area contributed by atoms with Crippen molar-refractivity contribution in [1.29, 1.82) is 0 Å². The molecule has 0 saturated carbocycles. The molecule has 0 radical (unpaired) electrons. The van der Waals surface area contributed by atoms with Gasteiger partial charge in [0.25, 0.3) is 0 Å². The summed E-state index contributed by atoms with van der Waals surface area (Å²) >= 11 is 0. The first kappa shape index (κ1) is 12.4. The highest BCUT2D eigenvalue weighted by molar-refractivity contribution is 5.75. The second-order valence-corrected chi connectivity index (χ2v) is 3.42. The zero-order valence-corrected chi connectivity index (χ0v) is 9.53. The van der Waals surface area contributed by atoms with Crippen LogP contribution >= 0.6 is 0 Å². The van der Waals surface area contributed by atoms with Crippen LogP contribution in [0.5, 0.6) is 0 Å². The van der Waals surface area contributed by atoms with Gasteiger partial charge in [0, 0.05) is 12.1 Å². The Hall–Kier alpha value is -1.71. The van der Waals surface area contributed by atoms with E-state index >= 15 is 0 Å². The smallest absolute Gasteiger partial charge is 0.306 e. The molecule has 0 fully saturated rings. The molecular formula is C12H15NO3. The Bertz CT molecular complexity index is 388. The van der Waals surface area contributed by atoms with Crippen LogP contribution in [-0.2, 0) is 16.0 Å². The van der Waals surface area contributed by atoms with Crippen molar-refractivity contribution in [3.05, 3.63) is 29.1 Å². The van der Waals surface area contributed by atoms with E-state index in [0.29, 0.717) is 25.0 Å². The number of ether oxygens (including phenoxy) is 1. The minimum atomic E-state index is -0.250. The summed E-state index contributed by atoms with van der Waals surface area (Å²) < 4.78 is 4.81. The molecule has 0 unspecified atom stereocenters. The lowest BCUT2D eigenvalue weighted by atomic mass is 10.1. The first-order chi connectivity index (χ1) is 7.67. The molecule has 0 aliphatic heterocycles. The third-order valence-corrected chi connectivity index (χ3v) is 2.17. The third-order valence-electron chi connectivity index (χ3n) is 2.17. The summed E-state index contributed by atoms with van der Waals surface area (Å²) in [5.41, 5.74) is 1.99. The van der Waals surface area contributed by atoms with Gasteiger partial charge in [0.2, 0.25) is 0 Å². The Morgan fingerprint density at radius 2 is 2.25 bits per heavy atom. The maximum atomic E-state index is 11.2. The van der Waals surface area contributed by atoms with E-state index in [0.717, 1.165) is 11.3 Å². The topological polar surface area (TPSA) is 56.3 Å². The second-order valence-electron chi connectivity index (χ2n) is 3.42. The molecular weight excluding hydrogens is 206 g/mol. The number of nitrogens with zero attached hydrogens (tertiary/aromatic N) is 1. The number of esters is 1. The van der Waals surface area contributed by atoms with Gasteiger partial charge in [0.15, 0.2) is 6.29 Å². The van der Waals surface area contributed by atoms with E-state index in [1.54, 1.807) is 6.92 Å². The van der Waals surface area contributed by atoms with Gasteiger partial charge in [-0.1, -0.05) is 6.07 Å². The molecule has 0 aromatic carbocycles. The van der Waals surface area contributed by atoms with Crippen LogP contribution in [0, 0.1) is 6.92 Å². The zero-order chi connectivity index (χ0) is 12.0. The molecule has 0 aliphatic carbocycles. The number of carbonyl (C=O) groups is 2. The van der Waals surface area contributed by atoms with Crippen LogP contribution in [-0.4, -0.2) is 23.8 Å². The first-order valence-corrected chi connectivity index (χ1v) is 5.24. The minimum absolute atomic E-state index is 0.250. The molecule has 1 aromatic rings. The van der Waals surface area contributed by atoms with Crippen molar-refractivity contribution in [3.8, 4) is 0 Å². The van der Waals surface area contributed by atoms with Crippen LogP contribution in [0.2, 0.25) is 0 Å². The molecule has 86 valence electrons. The van der Waals surface area contributed by atoms with E-state index in [-0.39, 0.29) is 12.4 Å². The summed E-state index contributed by atoms with van der Waals surface area (Å²) in [6.07, 6.45) is 1.48. The van der Waals surface area contributed by atoms with Crippen LogP contribution < -0.4 is 0 Å². The Balaban J connectivity index is 2.66. The van der Waals surface area contributed by atoms with Crippen LogP contribution in [0.3, 0.4) is 0 Å². The molecule has 0 spiro atoms. The average Bonchev–Trinajstić information content (AvgIpc) is 2.27. The van der Waals surface area contributed by atoms with Crippen LogP contribution in [0.15, 0.2) is 12.1 Å². The van der Waals surface area contributed by atoms with Crippen molar-refractivity contribution in [2.75, 3.05) is 6.61 Å². The van der Waals surface area contributed by atoms with E-state index in [2.05, 4.69) is 4.98 Å². The minimum Gasteiger partial charge on any atom is -0.466 e. The lowest BCUT2D eigenvalue weighted by Gasteiger charge is -2.04. The van der Waals surface area contributed by atoms with E-state index in [4.69, 9.17) is 4.74 Å². The van der Waals surface area contributed by atoms with E-state index < -0.39 is 0 Å². The summed E-state index contributed by atoms with van der Waals surface area (Å²) in [4.78, 5) is 26.0. The van der Waals surface area contributed by atoms with Gasteiger partial charge in [-0.3, -0.25) is 14.6 Å². The lowest BCUT2D eigenvalue weighted by molar-refractivity contribution is -0.143. The fourth-order valence-corrected chi connectivity index (χ4v) is 1.39. The van der Waals surface area contributed by atoms with Gasteiger partial charge < -0.3 is 4.74 Å². The van der Waals surface area contributed by atoms with Gasteiger partial charge in [-0.25, -0.2) is 0 Å². The van der Waals surface area contributed by atoms with Crippen molar-refractivity contribution in [1.82, 2.24) is 4.98 Å². The zero-order valence-electron chi connectivity index (χ0n) is 9.53. The highest BCUT2D eigenvalue weighted by Crippen LogP contribution is 2.09. The number of aromatic nitrogens is 1. The quantitative estimate of drug-likeness (QED) is 0.561. The van der Waals surface area contributed by atoms with Gasteiger partial charge in [0.05, 0.1) is 6.61 Å². The molecule has 0 saturated heterocycles. The van der Waals surface area contributed by atoms with Crippen LogP contribution in [0.4, 0.5) is 0 Å². The molecule has 1 aromatic heterocycles. The second kappa shape index (κ2) is 6.00. The summed E-state index contributed by atoms with van der Waals surface area (Å²) in [6, 6.07) is 3.65. The summed E-state index contributed by atoms with van der Waals surface area (Å²) in [7, 11) is 0. The third kappa shape index (κ3) is 3.46. The van der Waals surface area contributed by atoms with E-state index in [1.165, 1.54) is 0 Å². The number of rotatable bonds is 5. The SMILES string of the molecule is CCOC(=O)CCc1ccc(C)nc1C=O. The molecule has 0 amide bonds. The Kier molecular flexibility index (Phi) is 4.64. The van der Waals surface area contributed by atoms with E-state index in [1.807, 2.05) is 19.1 Å². The molecule has 1 heterocycles. The molecule has 4 heteroatoms. The van der Waals surface area contributed by atoms with E-state index in [9.17, 15) is 9.59 Å².